The van der Waals surface area contributed by atoms with Gasteiger partial charge in [-0.1, -0.05) is 37.1 Å². The Morgan fingerprint density at radius 3 is 2.79 bits per heavy atom. The van der Waals surface area contributed by atoms with Gasteiger partial charge in [-0.15, -0.1) is 0 Å². The summed E-state index contributed by atoms with van der Waals surface area (Å²) < 4.78 is 0. The maximum Gasteiger partial charge on any atom is 0.114 e. The molecule has 0 saturated carbocycles. The Labute approximate surface area is 89.5 Å². The highest BCUT2D eigenvalue weighted by Crippen LogP contribution is 2.21. The number of nitriles is 1. The van der Waals surface area contributed by atoms with Crippen molar-refractivity contribution in [3.63, 3.8) is 0 Å². The molecule has 0 bridgehead atoms. The topological polar surface area (TPSA) is 35.8 Å². The summed E-state index contributed by atoms with van der Waals surface area (Å²) in [7, 11) is 0. The average molecular weight is 209 g/mol. The van der Waals surface area contributed by atoms with Gasteiger partial charge in [0.25, 0.3) is 0 Å². The van der Waals surface area contributed by atoms with Gasteiger partial charge in [0.15, 0.2) is 0 Å². The van der Waals surface area contributed by atoms with E-state index in [1.54, 1.807) is 0 Å². The van der Waals surface area contributed by atoms with E-state index in [4.69, 9.17) is 16.9 Å². The lowest BCUT2D eigenvalue weighted by Gasteiger charge is -2.12. The smallest absolute Gasteiger partial charge is 0.114 e. The summed E-state index contributed by atoms with van der Waals surface area (Å²) in [4.78, 5) is 0. The van der Waals surface area contributed by atoms with Crippen molar-refractivity contribution in [2.24, 2.45) is 0 Å². The van der Waals surface area contributed by atoms with E-state index in [9.17, 15) is 0 Å². The Hall–Kier alpha value is -1.20. The number of para-hydroxylation sites is 1. The molecule has 1 aromatic carbocycles. The number of hydrogen-bond donors (Lipinski definition) is 1. The molecule has 14 heavy (non-hydrogen) atoms. The number of benzene rings is 1. The first-order valence-electron chi connectivity index (χ1n) is 4.68. The van der Waals surface area contributed by atoms with Gasteiger partial charge in [0.2, 0.25) is 0 Å². The Kier molecular flexibility index (Phi) is 4.28. The van der Waals surface area contributed by atoms with E-state index < -0.39 is 0 Å². The molecule has 1 unspecified atom stereocenters. The Balaban J connectivity index is 2.68. The molecular formula is C11H13ClN2. The molecule has 3 heteroatoms. The molecule has 0 fully saturated rings. The summed E-state index contributed by atoms with van der Waals surface area (Å²) in [5.41, 5.74) is 0.828. The summed E-state index contributed by atoms with van der Waals surface area (Å²) in [6, 6.07) is 9.51. The van der Waals surface area contributed by atoms with Crippen molar-refractivity contribution in [1.29, 1.82) is 5.26 Å². The fourth-order valence-corrected chi connectivity index (χ4v) is 1.41. The van der Waals surface area contributed by atoms with E-state index in [1.165, 1.54) is 0 Å². The van der Waals surface area contributed by atoms with Crippen molar-refractivity contribution in [3.05, 3.63) is 29.3 Å². The van der Waals surface area contributed by atoms with E-state index >= 15 is 0 Å². The summed E-state index contributed by atoms with van der Waals surface area (Å²) in [6.07, 6.45) is 1.82. The van der Waals surface area contributed by atoms with Crippen LogP contribution in [0.15, 0.2) is 24.3 Å². The third-order valence-corrected chi connectivity index (χ3v) is 2.27. The highest BCUT2D eigenvalue weighted by atomic mass is 35.5. The Morgan fingerprint density at radius 2 is 2.21 bits per heavy atom. The van der Waals surface area contributed by atoms with Gasteiger partial charge in [-0.05, 0) is 18.6 Å². The van der Waals surface area contributed by atoms with E-state index in [2.05, 4.69) is 18.3 Å². The molecule has 0 spiro atoms. The largest absolute Gasteiger partial charge is 0.369 e. The monoisotopic (exact) mass is 208 g/mol. The molecule has 0 amide bonds. The normalized spacial score (nSPS) is 11.8. The zero-order valence-corrected chi connectivity index (χ0v) is 8.88. The van der Waals surface area contributed by atoms with E-state index in [-0.39, 0.29) is 6.04 Å². The molecule has 1 N–H and O–H groups in total. The van der Waals surface area contributed by atoms with Gasteiger partial charge in [-0.2, -0.15) is 5.26 Å². The highest BCUT2D eigenvalue weighted by Gasteiger charge is 2.06. The van der Waals surface area contributed by atoms with Crippen LogP contribution < -0.4 is 5.32 Å². The predicted octanol–water partition coefficient (Wildman–Crippen LogP) is 3.44. The van der Waals surface area contributed by atoms with Crippen LogP contribution >= 0.6 is 11.6 Å². The van der Waals surface area contributed by atoms with Crippen LogP contribution in [0.3, 0.4) is 0 Å². The maximum atomic E-state index is 8.85. The van der Waals surface area contributed by atoms with Gasteiger partial charge >= 0.3 is 0 Å². The minimum absolute atomic E-state index is 0.153. The van der Waals surface area contributed by atoms with E-state index in [0.717, 1.165) is 18.5 Å². The van der Waals surface area contributed by atoms with Crippen LogP contribution in [-0.4, -0.2) is 6.04 Å². The minimum atomic E-state index is -0.153. The number of hydrogen-bond acceptors (Lipinski definition) is 2. The lowest BCUT2D eigenvalue weighted by molar-refractivity contribution is 0.748. The zero-order valence-electron chi connectivity index (χ0n) is 8.13. The molecule has 1 atom stereocenters. The summed E-state index contributed by atoms with van der Waals surface area (Å²) in [6.45, 7) is 2.05. The second-order valence-electron chi connectivity index (χ2n) is 3.09. The van der Waals surface area contributed by atoms with Gasteiger partial charge in [0.05, 0.1) is 16.8 Å². The Morgan fingerprint density at radius 1 is 1.50 bits per heavy atom. The van der Waals surface area contributed by atoms with Crippen LogP contribution in [0, 0.1) is 11.3 Å². The third-order valence-electron chi connectivity index (χ3n) is 1.94. The van der Waals surface area contributed by atoms with Crippen molar-refractivity contribution in [3.8, 4) is 6.07 Å². The molecule has 0 saturated heterocycles. The van der Waals surface area contributed by atoms with Crippen LogP contribution in [0.2, 0.25) is 5.02 Å². The number of rotatable bonds is 4. The second-order valence-corrected chi connectivity index (χ2v) is 3.50. The maximum absolute atomic E-state index is 8.85. The van der Waals surface area contributed by atoms with Crippen LogP contribution in [0.1, 0.15) is 19.8 Å². The van der Waals surface area contributed by atoms with E-state index in [0.29, 0.717) is 5.02 Å². The van der Waals surface area contributed by atoms with Crippen LogP contribution in [0.5, 0.6) is 0 Å². The molecule has 1 rings (SSSR count). The molecule has 2 nitrogen and oxygen atoms in total. The van der Waals surface area contributed by atoms with Crippen molar-refractivity contribution >= 4 is 17.3 Å². The number of anilines is 1. The van der Waals surface area contributed by atoms with Crippen LogP contribution in [0.4, 0.5) is 5.69 Å². The number of nitrogens with zero attached hydrogens (tertiary/aromatic N) is 1. The summed E-state index contributed by atoms with van der Waals surface area (Å²) in [5.74, 6) is 0. The molecule has 0 aliphatic carbocycles. The number of nitrogens with one attached hydrogen (secondary N) is 1. The quantitative estimate of drug-likeness (QED) is 0.823. The van der Waals surface area contributed by atoms with Gasteiger partial charge in [-0.3, -0.25) is 0 Å². The van der Waals surface area contributed by atoms with Gasteiger partial charge in [0.1, 0.15) is 6.04 Å². The van der Waals surface area contributed by atoms with Gasteiger partial charge < -0.3 is 5.32 Å². The summed E-state index contributed by atoms with van der Waals surface area (Å²) in [5, 5.41) is 12.6. The third kappa shape index (κ3) is 2.93. The first-order valence-corrected chi connectivity index (χ1v) is 5.06. The van der Waals surface area contributed by atoms with Crippen molar-refractivity contribution in [1.82, 2.24) is 0 Å². The first-order chi connectivity index (χ1) is 6.77. The minimum Gasteiger partial charge on any atom is -0.369 e. The van der Waals surface area contributed by atoms with Crippen LogP contribution in [-0.2, 0) is 0 Å². The number of halogens is 1. The van der Waals surface area contributed by atoms with Crippen LogP contribution in [0.25, 0.3) is 0 Å². The molecule has 0 aromatic heterocycles. The second kappa shape index (κ2) is 5.51. The molecule has 0 heterocycles. The molecule has 1 aromatic rings. The first kappa shape index (κ1) is 10.9. The van der Waals surface area contributed by atoms with Crippen molar-refractivity contribution in [2.75, 3.05) is 5.32 Å². The molecule has 0 radical (unpaired) electrons. The summed E-state index contributed by atoms with van der Waals surface area (Å²) >= 11 is 5.95. The SMILES string of the molecule is CCCC(C#N)Nc1ccccc1Cl. The Bertz CT molecular complexity index is 330. The lowest BCUT2D eigenvalue weighted by atomic mass is 10.2. The van der Waals surface area contributed by atoms with Gasteiger partial charge in [-0.25, -0.2) is 0 Å². The molecule has 74 valence electrons. The molecule has 0 aliphatic heterocycles. The average Bonchev–Trinajstić information content (AvgIpc) is 2.20. The molecule has 0 aliphatic rings. The van der Waals surface area contributed by atoms with E-state index in [1.807, 2.05) is 24.3 Å². The standard InChI is InChI=1S/C11H13ClN2/c1-2-5-9(8-13)14-11-7-4-3-6-10(11)12/h3-4,6-7,9,14H,2,5H2,1H3. The van der Waals surface area contributed by atoms with Crippen molar-refractivity contribution < 1.29 is 0 Å². The van der Waals surface area contributed by atoms with Gasteiger partial charge in [0, 0.05) is 0 Å². The molecular weight excluding hydrogens is 196 g/mol. The fourth-order valence-electron chi connectivity index (χ4n) is 1.22. The van der Waals surface area contributed by atoms with Crippen molar-refractivity contribution in [2.45, 2.75) is 25.8 Å². The highest BCUT2D eigenvalue weighted by molar-refractivity contribution is 6.33. The fraction of sp³-hybridized carbons (Fsp3) is 0.364. The zero-order chi connectivity index (χ0) is 10.4. The predicted molar refractivity (Wildman–Crippen MR) is 59.4 cm³/mol. The lowest BCUT2D eigenvalue weighted by Crippen LogP contribution is -2.16.